The van der Waals surface area contributed by atoms with E-state index < -0.39 is 0 Å². The molecule has 3 aliphatic rings. The zero-order valence-corrected chi connectivity index (χ0v) is 21.7. The van der Waals surface area contributed by atoms with Crippen molar-refractivity contribution in [2.45, 2.75) is 69.0 Å². The molecule has 0 unspecified atom stereocenters. The van der Waals surface area contributed by atoms with Crippen LogP contribution in [0.15, 0.2) is 54.6 Å². The Balaban J connectivity index is 1.37. The number of ether oxygens (including phenoxy) is 1. The van der Waals surface area contributed by atoms with E-state index in [9.17, 15) is 4.79 Å². The summed E-state index contributed by atoms with van der Waals surface area (Å²) < 4.78 is 5.32. The lowest BCUT2D eigenvalue weighted by molar-refractivity contribution is 0.0219. The highest BCUT2D eigenvalue weighted by molar-refractivity contribution is 5.78. The van der Waals surface area contributed by atoms with Gasteiger partial charge in [0.15, 0.2) is 0 Å². The van der Waals surface area contributed by atoms with E-state index in [0.29, 0.717) is 6.54 Å². The van der Waals surface area contributed by atoms with Gasteiger partial charge in [-0.1, -0.05) is 61.7 Å². The molecule has 5 heteroatoms. The van der Waals surface area contributed by atoms with Crippen LogP contribution in [0.5, 0.6) is 5.75 Å². The van der Waals surface area contributed by atoms with E-state index in [1.807, 2.05) is 12.1 Å². The maximum absolute atomic E-state index is 13.8. The van der Waals surface area contributed by atoms with Crippen molar-refractivity contribution in [1.82, 2.24) is 14.7 Å². The first-order chi connectivity index (χ1) is 17.0. The number of carbonyl (C=O) groups excluding carboxylic acids is 1. The van der Waals surface area contributed by atoms with E-state index >= 15 is 0 Å². The van der Waals surface area contributed by atoms with Gasteiger partial charge in [-0.15, -0.1) is 0 Å². The molecule has 0 bridgehead atoms. The predicted octanol–water partition coefficient (Wildman–Crippen LogP) is 5.89. The Morgan fingerprint density at radius 2 is 1.66 bits per heavy atom. The van der Waals surface area contributed by atoms with Crippen LogP contribution in [-0.4, -0.2) is 60.6 Å². The largest absolute Gasteiger partial charge is 0.497 e. The summed E-state index contributed by atoms with van der Waals surface area (Å²) in [6, 6.07) is 19.4. The molecule has 35 heavy (non-hydrogen) atoms. The van der Waals surface area contributed by atoms with Gasteiger partial charge in [-0.3, -0.25) is 4.90 Å². The third-order valence-corrected chi connectivity index (χ3v) is 9.25. The molecule has 188 valence electrons. The normalized spacial score (nSPS) is 27.0. The first kappa shape index (κ1) is 24.2. The van der Waals surface area contributed by atoms with Gasteiger partial charge in [0.1, 0.15) is 5.75 Å². The molecule has 1 heterocycles. The van der Waals surface area contributed by atoms with Crippen LogP contribution in [-0.2, 0) is 12.1 Å². The van der Waals surface area contributed by atoms with Crippen molar-refractivity contribution in [3.63, 3.8) is 0 Å². The molecular formula is C30H41N3O2. The van der Waals surface area contributed by atoms with Crippen LogP contribution < -0.4 is 4.74 Å². The standard InChI is InChI=1S/C30H41N3O2/c1-31(2)30(26-10-5-4-6-11-26)19-17-29(18-20-30)23-32(22-25-12-14-27(35-3)15-13-25)28(34)33(29)21-16-24-8-7-9-24/h4-6,10-15,24H,7-9,16-23H2,1-3H3. The van der Waals surface area contributed by atoms with Crippen LogP contribution in [0.2, 0.25) is 0 Å². The molecule has 2 aromatic carbocycles. The Bertz CT molecular complexity index is 992. The monoisotopic (exact) mass is 475 g/mol. The second-order valence-corrected chi connectivity index (χ2v) is 11.2. The quantitative estimate of drug-likeness (QED) is 0.477. The van der Waals surface area contributed by atoms with Crippen LogP contribution in [0.4, 0.5) is 4.79 Å². The van der Waals surface area contributed by atoms with Crippen LogP contribution in [0.25, 0.3) is 0 Å². The summed E-state index contributed by atoms with van der Waals surface area (Å²) in [4.78, 5) is 20.6. The van der Waals surface area contributed by atoms with Crippen LogP contribution in [0.1, 0.15) is 62.5 Å². The highest BCUT2D eigenvalue weighted by atomic mass is 16.5. The number of benzene rings is 2. The van der Waals surface area contributed by atoms with Gasteiger partial charge in [0, 0.05) is 25.2 Å². The van der Waals surface area contributed by atoms with E-state index in [-0.39, 0.29) is 17.1 Å². The van der Waals surface area contributed by atoms with Gasteiger partial charge in [-0.25, -0.2) is 4.79 Å². The number of carbonyl (C=O) groups is 1. The van der Waals surface area contributed by atoms with Crippen molar-refractivity contribution in [2.24, 2.45) is 5.92 Å². The summed E-state index contributed by atoms with van der Waals surface area (Å²) >= 11 is 0. The van der Waals surface area contributed by atoms with Crippen molar-refractivity contribution in [2.75, 3.05) is 34.3 Å². The molecule has 2 aromatic rings. The highest BCUT2D eigenvalue weighted by Gasteiger charge is 2.54. The fourth-order valence-corrected chi connectivity index (χ4v) is 6.68. The summed E-state index contributed by atoms with van der Waals surface area (Å²) in [5.41, 5.74) is 2.55. The van der Waals surface area contributed by atoms with Gasteiger partial charge in [0.2, 0.25) is 0 Å². The third-order valence-electron chi connectivity index (χ3n) is 9.25. The molecule has 0 radical (unpaired) electrons. The summed E-state index contributed by atoms with van der Waals surface area (Å²) in [5.74, 6) is 1.66. The number of methoxy groups -OCH3 is 1. The maximum Gasteiger partial charge on any atom is 0.320 e. The number of rotatable bonds is 8. The first-order valence-corrected chi connectivity index (χ1v) is 13.4. The average molecular weight is 476 g/mol. The Kier molecular flexibility index (Phi) is 6.80. The van der Waals surface area contributed by atoms with Gasteiger partial charge < -0.3 is 14.5 Å². The molecule has 3 fully saturated rings. The van der Waals surface area contributed by atoms with Crippen LogP contribution >= 0.6 is 0 Å². The Labute approximate surface area is 211 Å². The number of nitrogens with zero attached hydrogens (tertiary/aromatic N) is 3. The van der Waals surface area contributed by atoms with E-state index in [4.69, 9.17) is 4.74 Å². The zero-order valence-electron chi connectivity index (χ0n) is 21.7. The van der Waals surface area contributed by atoms with Crippen molar-refractivity contribution < 1.29 is 9.53 Å². The van der Waals surface area contributed by atoms with Crippen molar-refractivity contribution >= 4 is 6.03 Å². The number of urea groups is 1. The van der Waals surface area contributed by atoms with Crippen LogP contribution in [0.3, 0.4) is 0 Å². The molecule has 5 nitrogen and oxygen atoms in total. The zero-order chi connectivity index (χ0) is 24.5. The van der Waals surface area contributed by atoms with E-state index in [1.165, 1.54) is 24.8 Å². The van der Waals surface area contributed by atoms with E-state index in [2.05, 4.69) is 71.3 Å². The molecule has 5 rings (SSSR count). The topological polar surface area (TPSA) is 36.0 Å². The van der Waals surface area contributed by atoms with Gasteiger partial charge in [0.05, 0.1) is 12.6 Å². The molecular weight excluding hydrogens is 434 g/mol. The lowest BCUT2D eigenvalue weighted by Gasteiger charge is -2.51. The van der Waals surface area contributed by atoms with Gasteiger partial charge >= 0.3 is 6.03 Å². The summed E-state index contributed by atoms with van der Waals surface area (Å²) in [7, 11) is 6.12. The molecule has 0 aromatic heterocycles. The van der Waals surface area contributed by atoms with E-state index in [1.54, 1.807) is 7.11 Å². The Morgan fingerprint density at radius 1 is 0.971 bits per heavy atom. The maximum atomic E-state index is 13.8. The number of hydrogen-bond donors (Lipinski definition) is 0. The SMILES string of the molecule is COc1ccc(CN2CC3(CCC(c4ccccc4)(N(C)C)CC3)N(CCC3CCC3)C2=O)cc1. The molecule has 1 saturated heterocycles. The molecule has 1 aliphatic heterocycles. The average Bonchev–Trinajstić information content (AvgIpc) is 3.10. The molecule has 0 atom stereocenters. The summed E-state index contributed by atoms with van der Waals surface area (Å²) in [6.45, 7) is 2.41. The van der Waals surface area contributed by atoms with Crippen molar-refractivity contribution in [1.29, 1.82) is 0 Å². The van der Waals surface area contributed by atoms with Gasteiger partial charge in [0.25, 0.3) is 0 Å². The lowest BCUT2D eigenvalue weighted by Crippen LogP contribution is -2.55. The Hall–Kier alpha value is -2.53. The Morgan fingerprint density at radius 3 is 2.23 bits per heavy atom. The minimum atomic E-state index is -0.0540. The fourth-order valence-electron chi connectivity index (χ4n) is 6.68. The number of hydrogen-bond acceptors (Lipinski definition) is 3. The molecule has 2 aliphatic carbocycles. The number of amides is 2. The fraction of sp³-hybridized carbons (Fsp3) is 0.567. The minimum Gasteiger partial charge on any atom is -0.497 e. The lowest BCUT2D eigenvalue weighted by atomic mass is 9.68. The minimum absolute atomic E-state index is 0.0403. The summed E-state index contributed by atoms with van der Waals surface area (Å²) in [5, 5.41) is 0. The highest BCUT2D eigenvalue weighted by Crippen LogP contribution is 2.49. The molecule has 0 N–H and O–H groups in total. The second kappa shape index (κ2) is 9.85. The van der Waals surface area contributed by atoms with Crippen molar-refractivity contribution in [3.05, 3.63) is 65.7 Å². The van der Waals surface area contributed by atoms with E-state index in [0.717, 1.165) is 62.4 Å². The predicted molar refractivity (Wildman–Crippen MR) is 140 cm³/mol. The molecule has 1 spiro atoms. The first-order valence-electron chi connectivity index (χ1n) is 13.4. The van der Waals surface area contributed by atoms with Crippen LogP contribution in [0, 0.1) is 5.92 Å². The summed E-state index contributed by atoms with van der Waals surface area (Å²) in [6.07, 6.45) is 9.44. The molecule has 2 amide bonds. The van der Waals surface area contributed by atoms with Gasteiger partial charge in [-0.2, -0.15) is 0 Å². The third kappa shape index (κ3) is 4.55. The molecule has 2 saturated carbocycles. The van der Waals surface area contributed by atoms with Gasteiger partial charge in [-0.05, 0) is 75.4 Å². The smallest absolute Gasteiger partial charge is 0.320 e. The second-order valence-electron chi connectivity index (χ2n) is 11.2. The van der Waals surface area contributed by atoms with Crippen molar-refractivity contribution in [3.8, 4) is 5.75 Å².